The number of hydrogen-bond acceptors (Lipinski definition) is 6. The minimum absolute atomic E-state index is 0.522. The maximum absolute atomic E-state index is 5.11. The van der Waals surface area contributed by atoms with E-state index in [0.717, 1.165) is 28.0 Å². The molecule has 0 fully saturated rings. The molecule has 4 aromatic rings. The van der Waals surface area contributed by atoms with Crippen molar-refractivity contribution in [3.8, 4) is 0 Å². The molecular weight excluding hydrogens is 328 g/mol. The van der Waals surface area contributed by atoms with Gasteiger partial charge in [-0.05, 0) is 49.7 Å². The second-order valence-corrected chi connectivity index (χ2v) is 5.91. The third kappa shape index (κ3) is 3.11. The monoisotopic (exact) mass is 346 g/mol. The second kappa shape index (κ2) is 6.87. The molecule has 0 atom stereocenters. The molecule has 0 aliphatic heterocycles. The Labute approximate surface area is 150 Å². The van der Waals surface area contributed by atoms with Crippen molar-refractivity contribution in [3.05, 3.63) is 65.7 Å². The lowest BCUT2D eigenvalue weighted by atomic mass is 10.1. The maximum atomic E-state index is 5.11. The predicted molar refractivity (Wildman–Crippen MR) is 99.2 cm³/mol. The van der Waals surface area contributed by atoms with Crippen molar-refractivity contribution < 1.29 is 4.84 Å². The fourth-order valence-electron chi connectivity index (χ4n) is 2.76. The zero-order valence-corrected chi connectivity index (χ0v) is 14.6. The summed E-state index contributed by atoms with van der Waals surface area (Å²) in [5, 5.41) is 18.3. The van der Waals surface area contributed by atoms with Crippen LogP contribution in [-0.4, -0.2) is 37.1 Å². The van der Waals surface area contributed by atoms with Gasteiger partial charge in [0.15, 0.2) is 11.5 Å². The molecule has 0 N–H and O–H groups in total. The number of rotatable bonds is 5. The van der Waals surface area contributed by atoms with E-state index in [9.17, 15) is 0 Å². The van der Waals surface area contributed by atoms with Gasteiger partial charge in [-0.25, -0.2) is 0 Å². The number of benzene rings is 1. The fourth-order valence-corrected chi connectivity index (χ4v) is 2.76. The van der Waals surface area contributed by atoms with Gasteiger partial charge in [0.2, 0.25) is 0 Å². The van der Waals surface area contributed by atoms with Gasteiger partial charge in [-0.1, -0.05) is 17.3 Å². The van der Waals surface area contributed by atoms with Crippen LogP contribution in [0.25, 0.3) is 16.6 Å². The number of pyridine rings is 1. The molecule has 0 radical (unpaired) electrons. The highest BCUT2D eigenvalue weighted by Crippen LogP contribution is 2.16. The zero-order valence-electron chi connectivity index (χ0n) is 14.6. The van der Waals surface area contributed by atoms with Gasteiger partial charge >= 0.3 is 0 Å². The second-order valence-electron chi connectivity index (χ2n) is 5.91. The Morgan fingerprint density at radius 2 is 2.08 bits per heavy atom. The van der Waals surface area contributed by atoms with Gasteiger partial charge in [-0.15, -0.1) is 10.2 Å². The summed E-state index contributed by atoms with van der Waals surface area (Å²) in [6.45, 7) is 4.28. The van der Waals surface area contributed by atoms with E-state index in [-0.39, 0.29) is 0 Å². The van der Waals surface area contributed by atoms with Gasteiger partial charge in [0.1, 0.15) is 18.0 Å². The molecule has 0 aliphatic carbocycles. The highest BCUT2D eigenvalue weighted by Gasteiger charge is 2.10. The molecule has 0 bridgehead atoms. The standard InChI is InChI=1S/C19H18N6O/c1-3-26-24-13(2)16-8-9-18-21-22-19(25(18)23-16)12-14-6-7-17-15(11-14)5-4-10-20-17/h4-11H,3,12H2,1-2H3/b24-13-. The molecule has 0 amide bonds. The van der Waals surface area contributed by atoms with Gasteiger partial charge in [-0.2, -0.15) is 9.61 Å². The van der Waals surface area contributed by atoms with E-state index in [1.807, 2.05) is 38.1 Å². The van der Waals surface area contributed by atoms with Crippen LogP contribution in [-0.2, 0) is 11.3 Å². The average molecular weight is 346 g/mol. The molecule has 4 rings (SSSR count). The summed E-state index contributed by atoms with van der Waals surface area (Å²) < 4.78 is 1.76. The zero-order chi connectivity index (χ0) is 17.9. The predicted octanol–water partition coefficient (Wildman–Crippen LogP) is 3.02. The summed E-state index contributed by atoms with van der Waals surface area (Å²) in [5.41, 5.74) is 4.26. The fraction of sp³-hybridized carbons (Fsp3) is 0.211. The van der Waals surface area contributed by atoms with E-state index >= 15 is 0 Å². The number of hydrogen-bond donors (Lipinski definition) is 0. The summed E-state index contributed by atoms with van der Waals surface area (Å²) in [5.74, 6) is 0.773. The highest BCUT2D eigenvalue weighted by molar-refractivity contribution is 5.96. The van der Waals surface area contributed by atoms with Gasteiger partial charge in [0, 0.05) is 18.0 Å². The van der Waals surface area contributed by atoms with Crippen LogP contribution in [0, 0.1) is 0 Å². The van der Waals surface area contributed by atoms with E-state index in [1.54, 1.807) is 10.7 Å². The molecule has 0 saturated heterocycles. The number of oxime groups is 1. The minimum atomic E-state index is 0.522. The molecule has 130 valence electrons. The average Bonchev–Trinajstić information content (AvgIpc) is 3.08. The molecule has 7 heteroatoms. The first-order valence-electron chi connectivity index (χ1n) is 8.46. The van der Waals surface area contributed by atoms with Crippen LogP contribution >= 0.6 is 0 Å². The van der Waals surface area contributed by atoms with Crippen molar-refractivity contribution >= 4 is 22.3 Å². The molecule has 26 heavy (non-hydrogen) atoms. The molecule has 7 nitrogen and oxygen atoms in total. The quantitative estimate of drug-likeness (QED) is 0.410. The van der Waals surface area contributed by atoms with Crippen LogP contribution in [0.5, 0.6) is 0 Å². The van der Waals surface area contributed by atoms with E-state index in [4.69, 9.17) is 4.84 Å². The largest absolute Gasteiger partial charge is 0.396 e. The van der Waals surface area contributed by atoms with E-state index in [2.05, 4.69) is 43.6 Å². The van der Waals surface area contributed by atoms with Gasteiger partial charge in [0.05, 0.1) is 5.52 Å². The molecule has 0 unspecified atom stereocenters. The first-order chi connectivity index (χ1) is 12.7. The van der Waals surface area contributed by atoms with Gasteiger partial charge in [0.25, 0.3) is 0 Å². The minimum Gasteiger partial charge on any atom is -0.396 e. The third-order valence-corrected chi connectivity index (χ3v) is 4.06. The van der Waals surface area contributed by atoms with Crippen molar-refractivity contribution in [2.24, 2.45) is 5.16 Å². The summed E-state index contributed by atoms with van der Waals surface area (Å²) in [7, 11) is 0. The summed E-state index contributed by atoms with van der Waals surface area (Å²) in [6.07, 6.45) is 2.43. The Morgan fingerprint density at radius 3 is 2.96 bits per heavy atom. The first kappa shape index (κ1) is 16.1. The van der Waals surface area contributed by atoms with E-state index in [0.29, 0.717) is 24.4 Å². The van der Waals surface area contributed by atoms with Crippen LogP contribution in [0.2, 0.25) is 0 Å². The Balaban J connectivity index is 1.69. The summed E-state index contributed by atoms with van der Waals surface area (Å²) in [6, 6.07) is 13.9. The van der Waals surface area contributed by atoms with E-state index < -0.39 is 0 Å². The smallest absolute Gasteiger partial charge is 0.177 e. The van der Waals surface area contributed by atoms with Crippen molar-refractivity contribution in [1.82, 2.24) is 24.8 Å². The molecule has 0 saturated carbocycles. The number of nitrogens with zero attached hydrogens (tertiary/aromatic N) is 6. The maximum Gasteiger partial charge on any atom is 0.177 e. The van der Waals surface area contributed by atoms with Crippen LogP contribution in [0.15, 0.2) is 53.8 Å². The molecule has 0 aliphatic rings. The van der Waals surface area contributed by atoms with Crippen LogP contribution in [0.1, 0.15) is 30.9 Å². The van der Waals surface area contributed by atoms with E-state index in [1.165, 1.54) is 0 Å². The Kier molecular flexibility index (Phi) is 4.27. The third-order valence-electron chi connectivity index (χ3n) is 4.06. The lowest BCUT2D eigenvalue weighted by Crippen LogP contribution is -2.07. The first-order valence-corrected chi connectivity index (χ1v) is 8.46. The molecule has 3 heterocycles. The van der Waals surface area contributed by atoms with Crippen molar-refractivity contribution in [1.29, 1.82) is 0 Å². The number of fused-ring (bicyclic) bond motifs is 2. The topological polar surface area (TPSA) is 77.6 Å². The van der Waals surface area contributed by atoms with Crippen molar-refractivity contribution in [2.45, 2.75) is 20.3 Å². The lowest BCUT2D eigenvalue weighted by Gasteiger charge is -2.04. The molecule has 1 aromatic carbocycles. The van der Waals surface area contributed by atoms with Crippen molar-refractivity contribution in [3.63, 3.8) is 0 Å². The SMILES string of the molecule is CCO/N=C(/C)c1ccc2nnc(Cc3ccc4ncccc4c3)n2n1. The van der Waals surface area contributed by atoms with Crippen molar-refractivity contribution in [2.75, 3.05) is 6.61 Å². The van der Waals surface area contributed by atoms with Crippen LogP contribution in [0.4, 0.5) is 0 Å². The summed E-state index contributed by atoms with van der Waals surface area (Å²) >= 11 is 0. The highest BCUT2D eigenvalue weighted by atomic mass is 16.6. The molecule has 0 spiro atoms. The normalized spacial score (nSPS) is 12.0. The van der Waals surface area contributed by atoms with Crippen LogP contribution in [0.3, 0.4) is 0 Å². The van der Waals surface area contributed by atoms with Gasteiger partial charge in [-0.3, -0.25) is 4.98 Å². The van der Waals surface area contributed by atoms with Gasteiger partial charge < -0.3 is 4.84 Å². The molecule has 3 aromatic heterocycles. The van der Waals surface area contributed by atoms with Crippen LogP contribution < -0.4 is 0 Å². The summed E-state index contributed by atoms with van der Waals surface area (Å²) in [4.78, 5) is 9.47. The Morgan fingerprint density at radius 1 is 1.15 bits per heavy atom. The Bertz CT molecular complexity index is 1100. The lowest BCUT2D eigenvalue weighted by molar-refractivity contribution is 0.159. The Hall–Kier alpha value is -3.35. The number of aromatic nitrogens is 5. The molecular formula is C19H18N6O.